The van der Waals surface area contributed by atoms with E-state index in [0.29, 0.717) is 27.8 Å². The molecule has 1 aromatic carbocycles. The van der Waals surface area contributed by atoms with Crippen molar-refractivity contribution in [1.82, 2.24) is 15.3 Å². The molecule has 0 radical (unpaired) electrons. The number of aryl methyl sites for hydroxylation is 1. The fourth-order valence-electron chi connectivity index (χ4n) is 6.58. The van der Waals surface area contributed by atoms with E-state index in [2.05, 4.69) is 22.4 Å². The van der Waals surface area contributed by atoms with E-state index in [4.69, 9.17) is 9.97 Å². The summed E-state index contributed by atoms with van der Waals surface area (Å²) in [5, 5.41) is 4.79. The molecule has 2 heterocycles. The minimum absolute atomic E-state index is 0.306. The number of rotatable bonds is 5. The smallest absolute Gasteiger partial charge is 0.226 e. The molecule has 170 valence electrons. The first-order valence-corrected chi connectivity index (χ1v) is 13.9. The van der Waals surface area contributed by atoms with E-state index >= 15 is 0 Å². The molecule has 6 rings (SSSR count). The van der Waals surface area contributed by atoms with Crippen LogP contribution in [0.15, 0.2) is 35.2 Å². The van der Waals surface area contributed by atoms with Gasteiger partial charge in [-0.05, 0) is 86.9 Å². The van der Waals surface area contributed by atoms with Crippen molar-refractivity contribution in [3.63, 3.8) is 0 Å². The Morgan fingerprint density at radius 3 is 2.62 bits per heavy atom. The number of allylic oxidation sites excluding steroid dienone is 2. The van der Waals surface area contributed by atoms with Crippen LogP contribution in [0.4, 0.5) is 5.95 Å². The van der Waals surface area contributed by atoms with E-state index in [-0.39, 0.29) is 0 Å². The highest BCUT2D eigenvalue weighted by molar-refractivity contribution is 7.90. The lowest BCUT2D eigenvalue weighted by molar-refractivity contribution is 0.322. The topological polar surface area (TPSA) is 75.2 Å². The van der Waals surface area contributed by atoms with Crippen molar-refractivity contribution in [3.05, 3.63) is 36.0 Å². The lowest BCUT2D eigenvalue weighted by Gasteiger charge is -2.34. The van der Waals surface area contributed by atoms with Gasteiger partial charge in [-0.15, -0.1) is 0 Å². The Kier molecular flexibility index (Phi) is 4.67. The van der Waals surface area contributed by atoms with Gasteiger partial charge in [-0.2, -0.15) is 0 Å². The molecule has 3 atom stereocenters. The molecule has 3 unspecified atom stereocenters. The molecule has 2 bridgehead atoms. The number of sulfone groups is 1. The number of hydrogen-bond donors (Lipinski definition) is 1. The van der Waals surface area contributed by atoms with Gasteiger partial charge in [0.1, 0.15) is 0 Å². The van der Waals surface area contributed by atoms with E-state index in [1.165, 1.54) is 25.5 Å². The molecule has 32 heavy (non-hydrogen) atoms. The van der Waals surface area contributed by atoms with E-state index in [1.54, 1.807) is 12.1 Å². The average Bonchev–Trinajstić information content (AvgIpc) is 3.44. The second-order valence-electron chi connectivity index (χ2n) is 10.5. The van der Waals surface area contributed by atoms with Gasteiger partial charge in [-0.1, -0.05) is 12.2 Å². The predicted octanol–water partition coefficient (Wildman–Crippen LogP) is 3.50. The van der Waals surface area contributed by atoms with Gasteiger partial charge in [-0.3, -0.25) is 0 Å². The van der Waals surface area contributed by atoms with E-state index in [1.807, 2.05) is 13.0 Å². The van der Waals surface area contributed by atoms with Gasteiger partial charge in [0.2, 0.25) is 5.95 Å². The Bertz CT molecular complexity index is 1200. The Morgan fingerprint density at radius 2 is 1.94 bits per heavy atom. The summed E-state index contributed by atoms with van der Waals surface area (Å²) in [5.41, 5.74) is 2.27. The molecule has 1 aliphatic heterocycles. The van der Waals surface area contributed by atoms with Gasteiger partial charge >= 0.3 is 0 Å². The number of aromatic nitrogens is 2. The first-order chi connectivity index (χ1) is 15.3. The Hall–Kier alpha value is -1.99. The van der Waals surface area contributed by atoms with Crippen molar-refractivity contribution >= 4 is 26.7 Å². The molecule has 2 saturated carbocycles. The van der Waals surface area contributed by atoms with Crippen molar-refractivity contribution < 1.29 is 8.42 Å². The zero-order valence-corrected chi connectivity index (χ0v) is 19.7. The Labute approximate surface area is 190 Å². The Balaban J connectivity index is 1.10. The maximum Gasteiger partial charge on any atom is 0.226 e. The molecule has 1 saturated heterocycles. The van der Waals surface area contributed by atoms with Crippen LogP contribution in [0.2, 0.25) is 0 Å². The molecule has 2 aromatic rings. The molecule has 0 amide bonds. The molecule has 1 aromatic heterocycles. The number of nitrogens with zero attached hydrogens (tertiary/aromatic N) is 3. The first-order valence-electron chi connectivity index (χ1n) is 12.0. The zero-order valence-electron chi connectivity index (χ0n) is 18.9. The third-order valence-electron chi connectivity index (χ3n) is 8.57. The number of anilines is 1. The summed E-state index contributed by atoms with van der Waals surface area (Å²) in [4.78, 5) is 12.0. The Morgan fingerprint density at radius 1 is 1.16 bits per heavy atom. The highest BCUT2D eigenvalue weighted by atomic mass is 32.2. The predicted molar refractivity (Wildman–Crippen MR) is 127 cm³/mol. The van der Waals surface area contributed by atoms with Crippen molar-refractivity contribution in [2.75, 3.05) is 30.8 Å². The lowest BCUT2D eigenvalue weighted by Crippen LogP contribution is -2.44. The van der Waals surface area contributed by atoms with Gasteiger partial charge in [0, 0.05) is 30.8 Å². The maximum atomic E-state index is 12.0. The zero-order chi connectivity index (χ0) is 22.1. The molecule has 6 nitrogen and oxygen atoms in total. The number of nitrogens with one attached hydrogen (secondary N) is 1. The van der Waals surface area contributed by atoms with Gasteiger partial charge < -0.3 is 10.2 Å². The minimum atomic E-state index is -3.26. The summed E-state index contributed by atoms with van der Waals surface area (Å²) in [6.07, 6.45) is 12.7. The van der Waals surface area contributed by atoms with Crippen LogP contribution < -0.4 is 10.2 Å². The van der Waals surface area contributed by atoms with E-state index < -0.39 is 9.84 Å². The SMILES string of the molecule is Cc1nc(N2CCC(NCC3CC4C=CC3C43CC3)CC2)nc2cc(S(C)(=O)=O)ccc12. The van der Waals surface area contributed by atoms with E-state index in [0.717, 1.165) is 61.3 Å². The van der Waals surface area contributed by atoms with Crippen molar-refractivity contribution in [2.24, 2.45) is 23.2 Å². The molecular formula is C25H32N4O2S. The van der Waals surface area contributed by atoms with Crippen LogP contribution in [0.3, 0.4) is 0 Å². The summed E-state index contributed by atoms with van der Waals surface area (Å²) in [7, 11) is -3.26. The fourth-order valence-corrected chi connectivity index (χ4v) is 7.22. The van der Waals surface area contributed by atoms with Gasteiger partial charge in [0.05, 0.1) is 16.1 Å². The normalized spacial score (nSPS) is 28.8. The first kappa shape index (κ1) is 20.6. The average molecular weight is 453 g/mol. The van der Waals surface area contributed by atoms with Crippen LogP contribution in [0.25, 0.3) is 10.9 Å². The van der Waals surface area contributed by atoms with Crippen LogP contribution in [0.5, 0.6) is 0 Å². The molecular weight excluding hydrogens is 420 g/mol. The third-order valence-corrected chi connectivity index (χ3v) is 9.68. The minimum Gasteiger partial charge on any atom is -0.341 e. The fraction of sp³-hybridized carbons (Fsp3) is 0.600. The van der Waals surface area contributed by atoms with Crippen LogP contribution in [0, 0.1) is 30.1 Å². The monoisotopic (exact) mass is 452 g/mol. The quantitative estimate of drug-likeness (QED) is 0.700. The van der Waals surface area contributed by atoms with Crippen LogP contribution in [0.1, 0.15) is 37.8 Å². The molecule has 7 heteroatoms. The van der Waals surface area contributed by atoms with Crippen molar-refractivity contribution in [1.29, 1.82) is 0 Å². The molecule has 1 N–H and O–H groups in total. The number of piperidine rings is 1. The summed E-state index contributed by atoms with van der Waals surface area (Å²) < 4.78 is 23.9. The number of hydrogen-bond acceptors (Lipinski definition) is 6. The second kappa shape index (κ2) is 7.26. The third kappa shape index (κ3) is 3.36. The largest absolute Gasteiger partial charge is 0.341 e. The maximum absolute atomic E-state index is 12.0. The summed E-state index contributed by atoms with van der Waals surface area (Å²) in [6, 6.07) is 5.69. The van der Waals surface area contributed by atoms with Crippen LogP contribution >= 0.6 is 0 Å². The summed E-state index contributed by atoms with van der Waals surface area (Å²) >= 11 is 0. The second-order valence-corrected chi connectivity index (χ2v) is 12.5. The van der Waals surface area contributed by atoms with Crippen LogP contribution in [-0.4, -0.2) is 50.3 Å². The molecule has 3 aliphatic carbocycles. The van der Waals surface area contributed by atoms with Crippen LogP contribution in [-0.2, 0) is 9.84 Å². The van der Waals surface area contributed by atoms with E-state index in [9.17, 15) is 8.42 Å². The lowest BCUT2D eigenvalue weighted by atomic mass is 9.88. The summed E-state index contributed by atoms with van der Waals surface area (Å²) in [6.45, 7) is 4.97. The van der Waals surface area contributed by atoms with Crippen molar-refractivity contribution in [2.45, 2.75) is 50.0 Å². The molecule has 3 fully saturated rings. The summed E-state index contributed by atoms with van der Waals surface area (Å²) in [5.74, 6) is 3.22. The number of fused-ring (bicyclic) bond motifs is 1. The van der Waals surface area contributed by atoms with Crippen molar-refractivity contribution in [3.8, 4) is 0 Å². The highest BCUT2D eigenvalue weighted by Gasteiger charge is 2.62. The standard InChI is InChI=1S/C25H32N4O2S/c1-16-21-5-4-20(32(2,30)31)14-23(21)28-24(27-16)29-11-7-19(8-12-29)26-15-17-13-18-3-6-22(17)25(18)9-10-25/h3-6,14,17-19,22,26H,7-13,15H2,1-2H3. The van der Waals surface area contributed by atoms with Gasteiger partial charge in [0.15, 0.2) is 9.84 Å². The highest BCUT2D eigenvalue weighted by Crippen LogP contribution is 2.69. The molecule has 4 aliphatic rings. The van der Waals surface area contributed by atoms with Gasteiger partial charge in [0.25, 0.3) is 0 Å². The van der Waals surface area contributed by atoms with Gasteiger partial charge in [-0.25, -0.2) is 18.4 Å². The molecule has 1 spiro atoms. The number of benzene rings is 1.